The van der Waals surface area contributed by atoms with E-state index in [0.29, 0.717) is 12.6 Å². The average molecular weight is 313 g/mol. The van der Waals surface area contributed by atoms with Crippen molar-refractivity contribution in [1.29, 1.82) is 0 Å². The summed E-state index contributed by atoms with van der Waals surface area (Å²) in [7, 11) is 1.73. The van der Waals surface area contributed by atoms with E-state index in [1.807, 2.05) is 23.2 Å². The van der Waals surface area contributed by atoms with Gasteiger partial charge in [0.1, 0.15) is 0 Å². The summed E-state index contributed by atoms with van der Waals surface area (Å²) in [6.07, 6.45) is 4.72. The number of pyridine rings is 1. The molecule has 0 spiro atoms. The van der Waals surface area contributed by atoms with Crippen LogP contribution < -0.4 is 5.32 Å². The first kappa shape index (κ1) is 15.7. The Balaban J connectivity index is 1.52. The van der Waals surface area contributed by atoms with E-state index >= 15 is 0 Å². The average Bonchev–Trinajstić information content (AvgIpc) is 2.62. The van der Waals surface area contributed by atoms with Gasteiger partial charge in [-0.15, -0.1) is 0 Å². The second-order valence-electron chi connectivity index (χ2n) is 5.90. The lowest BCUT2D eigenvalue weighted by Gasteiger charge is -2.31. The predicted octanol–water partition coefficient (Wildman–Crippen LogP) is 2.60. The van der Waals surface area contributed by atoms with Gasteiger partial charge in [-0.1, -0.05) is 24.3 Å². The largest absolute Gasteiger partial charge is 0.381 e. The van der Waals surface area contributed by atoms with E-state index in [1.165, 1.54) is 5.56 Å². The number of nitrogens with zero attached hydrogens (tertiary/aromatic N) is 2. The summed E-state index contributed by atoms with van der Waals surface area (Å²) in [5, 5.41) is 4.15. The van der Waals surface area contributed by atoms with Crippen LogP contribution in [0.5, 0.6) is 0 Å². The fourth-order valence-electron chi connectivity index (χ4n) is 3.08. The van der Waals surface area contributed by atoms with E-state index in [1.54, 1.807) is 7.11 Å². The van der Waals surface area contributed by atoms with Crippen molar-refractivity contribution in [2.24, 2.45) is 0 Å². The van der Waals surface area contributed by atoms with Gasteiger partial charge in [0, 0.05) is 38.3 Å². The molecule has 2 heterocycles. The van der Waals surface area contributed by atoms with Crippen LogP contribution in [0, 0.1) is 0 Å². The third kappa shape index (κ3) is 3.79. The Kier molecular flexibility index (Phi) is 5.08. The maximum absolute atomic E-state index is 12.2. The van der Waals surface area contributed by atoms with Crippen molar-refractivity contribution in [1.82, 2.24) is 15.2 Å². The molecule has 0 atom stereocenters. The van der Waals surface area contributed by atoms with E-state index in [2.05, 4.69) is 28.5 Å². The van der Waals surface area contributed by atoms with Crippen LogP contribution in [0.1, 0.15) is 18.4 Å². The standard InChI is InChI=1S/C18H23N3O2/c1-23-16-8-12-21(13-9-16)18(22)20-11-7-15-5-2-4-14-6-3-10-19-17(14)15/h2-6,10,16H,7-9,11-13H2,1H3,(H,20,22). The Labute approximate surface area is 136 Å². The van der Waals surface area contributed by atoms with E-state index in [-0.39, 0.29) is 6.03 Å². The van der Waals surface area contributed by atoms with Crippen LogP contribution in [-0.4, -0.2) is 48.8 Å². The Hall–Kier alpha value is -2.14. The predicted molar refractivity (Wildman–Crippen MR) is 90.4 cm³/mol. The number of benzene rings is 1. The smallest absolute Gasteiger partial charge is 0.317 e. The summed E-state index contributed by atoms with van der Waals surface area (Å²) in [5.74, 6) is 0. The van der Waals surface area contributed by atoms with Crippen LogP contribution in [0.3, 0.4) is 0 Å². The van der Waals surface area contributed by atoms with Crippen LogP contribution in [0.15, 0.2) is 36.5 Å². The van der Waals surface area contributed by atoms with Gasteiger partial charge in [0.25, 0.3) is 0 Å². The highest BCUT2D eigenvalue weighted by Crippen LogP contribution is 2.16. The van der Waals surface area contributed by atoms with Crippen molar-refractivity contribution in [2.45, 2.75) is 25.4 Å². The number of hydrogen-bond acceptors (Lipinski definition) is 3. The van der Waals surface area contributed by atoms with Crippen LogP contribution in [0.25, 0.3) is 10.9 Å². The van der Waals surface area contributed by atoms with Gasteiger partial charge in [-0.2, -0.15) is 0 Å². The monoisotopic (exact) mass is 313 g/mol. The summed E-state index contributed by atoms with van der Waals surface area (Å²) in [6.45, 7) is 2.15. The molecule has 1 aromatic carbocycles. The molecule has 23 heavy (non-hydrogen) atoms. The minimum absolute atomic E-state index is 0.0211. The van der Waals surface area contributed by atoms with Gasteiger partial charge < -0.3 is 15.0 Å². The van der Waals surface area contributed by atoms with Crippen LogP contribution in [0.4, 0.5) is 4.79 Å². The van der Waals surface area contributed by atoms with Gasteiger partial charge in [0.2, 0.25) is 0 Å². The second kappa shape index (κ2) is 7.42. The molecule has 0 aliphatic carbocycles. The van der Waals surface area contributed by atoms with Crippen LogP contribution in [0.2, 0.25) is 0 Å². The number of carbonyl (C=O) groups is 1. The number of carbonyl (C=O) groups excluding carboxylic acids is 1. The number of methoxy groups -OCH3 is 1. The van der Waals surface area contributed by atoms with Gasteiger partial charge in [-0.3, -0.25) is 4.98 Å². The van der Waals surface area contributed by atoms with Gasteiger partial charge in [-0.25, -0.2) is 4.79 Å². The molecular weight excluding hydrogens is 290 g/mol. The normalized spacial score (nSPS) is 15.8. The van der Waals surface area contributed by atoms with E-state index < -0.39 is 0 Å². The minimum Gasteiger partial charge on any atom is -0.381 e. The van der Waals surface area contributed by atoms with Gasteiger partial charge >= 0.3 is 6.03 Å². The van der Waals surface area contributed by atoms with Crippen LogP contribution in [-0.2, 0) is 11.2 Å². The van der Waals surface area contributed by atoms with Gasteiger partial charge in [-0.05, 0) is 30.9 Å². The summed E-state index contributed by atoms with van der Waals surface area (Å²) in [6, 6.07) is 10.2. The molecule has 1 aliphatic rings. The van der Waals surface area contributed by atoms with Gasteiger partial charge in [0.15, 0.2) is 0 Å². The van der Waals surface area contributed by atoms with Crippen molar-refractivity contribution in [3.8, 4) is 0 Å². The number of rotatable bonds is 4. The Morgan fingerprint density at radius 1 is 1.30 bits per heavy atom. The lowest BCUT2D eigenvalue weighted by Crippen LogP contribution is -2.46. The quantitative estimate of drug-likeness (QED) is 0.944. The lowest BCUT2D eigenvalue weighted by molar-refractivity contribution is 0.0504. The number of likely N-dealkylation sites (tertiary alicyclic amines) is 1. The molecule has 0 radical (unpaired) electrons. The topological polar surface area (TPSA) is 54.5 Å². The molecule has 1 fully saturated rings. The molecule has 122 valence electrons. The summed E-state index contributed by atoms with van der Waals surface area (Å²) in [5.41, 5.74) is 2.19. The number of aromatic nitrogens is 1. The van der Waals surface area contributed by atoms with E-state index in [0.717, 1.165) is 43.3 Å². The van der Waals surface area contributed by atoms with Crippen LogP contribution >= 0.6 is 0 Å². The fourth-order valence-corrected chi connectivity index (χ4v) is 3.08. The fraction of sp³-hybridized carbons (Fsp3) is 0.444. The van der Waals surface area contributed by atoms with Crippen molar-refractivity contribution in [3.05, 3.63) is 42.1 Å². The zero-order chi connectivity index (χ0) is 16.1. The molecule has 2 amide bonds. The first-order valence-corrected chi connectivity index (χ1v) is 8.16. The van der Waals surface area contributed by atoms with Crippen molar-refractivity contribution < 1.29 is 9.53 Å². The molecule has 1 N–H and O–H groups in total. The van der Waals surface area contributed by atoms with Gasteiger partial charge in [0.05, 0.1) is 11.6 Å². The minimum atomic E-state index is 0.0211. The lowest BCUT2D eigenvalue weighted by atomic mass is 10.1. The molecule has 5 heteroatoms. The molecule has 0 bridgehead atoms. The molecule has 1 aromatic heterocycles. The number of nitrogens with one attached hydrogen (secondary N) is 1. The highest BCUT2D eigenvalue weighted by molar-refractivity contribution is 5.81. The maximum Gasteiger partial charge on any atom is 0.317 e. The number of hydrogen-bond donors (Lipinski definition) is 1. The SMILES string of the molecule is COC1CCN(C(=O)NCCc2cccc3cccnc23)CC1. The molecule has 1 aliphatic heterocycles. The zero-order valence-electron chi connectivity index (χ0n) is 13.5. The first-order chi connectivity index (χ1) is 11.3. The number of piperidine rings is 1. The Bertz CT molecular complexity index is 661. The third-order valence-corrected chi connectivity index (χ3v) is 4.45. The number of urea groups is 1. The highest BCUT2D eigenvalue weighted by Gasteiger charge is 2.22. The molecule has 1 saturated heterocycles. The number of ether oxygens (including phenoxy) is 1. The van der Waals surface area contributed by atoms with Crippen molar-refractivity contribution in [2.75, 3.05) is 26.7 Å². The summed E-state index contributed by atoms with van der Waals surface area (Å²) in [4.78, 5) is 18.5. The molecule has 0 unspecified atom stereocenters. The number of para-hydroxylation sites is 1. The van der Waals surface area contributed by atoms with E-state index in [4.69, 9.17) is 4.74 Å². The Morgan fingerprint density at radius 3 is 2.87 bits per heavy atom. The molecular formula is C18H23N3O2. The molecule has 2 aromatic rings. The summed E-state index contributed by atoms with van der Waals surface area (Å²) < 4.78 is 5.33. The third-order valence-electron chi connectivity index (χ3n) is 4.45. The number of amides is 2. The highest BCUT2D eigenvalue weighted by atomic mass is 16.5. The molecule has 5 nitrogen and oxygen atoms in total. The molecule has 0 saturated carbocycles. The number of fused-ring (bicyclic) bond motifs is 1. The molecule has 3 rings (SSSR count). The Morgan fingerprint density at radius 2 is 2.09 bits per heavy atom. The van der Waals surface area contributed by atoms with Crippen molar-refractivity contribution >= 4 is 16.9 Å². The second-order valence-corrected chi connectivity index (χ2v) is 5.90. The summed E-state index contributed by atoms with van der Waals surface area (Å²) >= 11 is 0. The van der Waals surface area contributed by atoms with Crippen molar-refractivity contribution in [3.63, 3.8) is 0 Å². The van der Waals surface area contributed by atoms with E-state index in [9.17, 15) is 4.79 Å². The zero-order valence-corrected chi connectivity index (χ0v) is 13.5. The first-order valence-electron chi connectivity index (χ1n) is 8.16. The maximum atomic E-state index is 12.2.